The molecule has 0 aliphatic heterocycles. The molecular formula is C10H6BrFN4O. The van der Waals surface area contributed by atoms with Crippen LogP contribution in [-0.2, 0) is 0 Å². The number of hydrazone groups is 1. The monoisotopic (exact) mass is 296 g/mol. The minimum Gasteiger partial charge on any atom is -0.495 e. The van der Waals surface area contributed by atoms with E-state index in [0.717, 1.165) is 0 Å². The van der Waals surface area contributed by atoms with E-state index in [-0.39, 0.29) is 5.69 Å². The molecule has 1 rings (SSSR count). The minimum atomic E-state index is -0.586. The van der Waals surface area contributed by atoms with Crippen LogP contribution in [-0.4, -0.2) is 12.8 Å². The Kier molecular flexibility index (Phi) is 4.44. The molecule has 0 aromatic heterocycles. The molecular weight excluding hydrogens is 291 g/mol. The molecule has 0 unspecified atom stereocenters. The van der Waals surface area contributed by atoms with Crippen LogP contribution in [0.15, 0.2) is 21.7 Å². The Balaban J connectivity index is 3.05. The molecule has 0 heterocycles. The molecule has 0 radical (unpaired) electrons. The number of methoxy groups -OCH3 is 1. The predicted octanol–water partition coefficient (Wildman–Crippen LogP) is 2.41. The van der Waals surface area contributed by atoms with E-state index in [4.69, 9.17) is 15.3 Å². The Bertz CT molecular complexity index is 528. The van der Waals surface area contributed by atoms with Crippen LogP contribution < -0.4 is 10.2 Å². The molecule has 0 saturated heterocycles. The number of ether oxygens (including phenoxy) is 1. The van der Waals surface area contributed by atoms with Gasteiger partial charge in [0.2, 0.25) is 5.71 Å². The van der Waals surface area contributed by atoms with E-state index in [0.29, 0.717) is 10.2 Å². The topological polar surface area (TPSA) is 81.2 Å². The highest BCUT2D eigenvalue weighted by molar-refractivity contribution is 9.10. The molecule has 0 fully saturated rings. The van der Waals surface area contributed by atoms with Crippen LogP contribution in [0.1, 0.15) is 0 Å². The number of nitrogens with one attached hydrogen (secondary N) is 1. The molecule has 1 N–H and O–H groups in total. The van der Waals surface area contributed by atoms with E-state index in [2.05, 4.69) is 26.5 Å². The first-order chi connectivity index (χ1) is 8.12. The van der Waals surface area contributed by atoms with Crippen LogP contribution in [0, 0.1) is 28.5 Å². The van der Waals surface area contributed by atoms with Crippen LogP contribution in [0.3, 0.4) is 0 Å². The fourth-order valence-corrected chi connectivity index (χ4v) is 1.44. The van der Waals surface area contributed by atoms with Crippen molar-refractivity contribution in [3.8, 4) is 17.9 Å². The summed E-state index contributed by atoms with van der Waals surface area (Å²) in [5, 5.41) is 20.3. The van der Waals surface area contributed by atoms with Gasteiger partial charge in [0.25, 0.3) is 0 Å². The van der Waals surface area contributed by atoms with Crippen molar-refractivity contribution >= 4 is 27.3 Å². The molecule has 1 aromatic rings. The molecule has 0 aliphatic rings. The van der Waals surface area contributed by atoms with Gasteiger partial charge in [0, 0.05) is 6.07 Å². The summed E-state index contributed by atoms with van der Waals surface area (Å²) < 4.78 is 18.9. The number of hydrogen-bond donors (Lipinski definition) is 1. The van der Waals surface area contributed by atoms with Crippen molar-refractivity contribution in [1.82, 2.24) is 0 Å². The van der Waals surface area contributed by atoms with Crippen LogP contribution in [0.2, 0.25) is 0 Å². The van der Waals surface area contributed by atoms with Crippen LogP contribution in [0.5, 0.6) is 5.75 Å². The van der Waals surface area contributed by atoms with Crippen molar-refractivity contribution in [2.75, 3.05) is 12.5 Å². The molecule has 7 heteroatoms. The Morgan fingerprint density at radius 3 is 2.65 bits per heavy atom. The number of nitriles is 2. The van der Waals surface area contributed by atoms with Crippen molar-refractivity contribution in [3.05, 3.63) is 22.4 Å². The van der Waals surface area contributed by atoms with Gasteiger partial charge in [-0.3, -0.25) is 5.43 Å². The molecule has 0 spiro atoms. The second kappa shape index (κ2) is 5.83. The predicted molar refractivity (Wildman–Crippen MR) is 62.9 cm³/mol. The van der Waals surface area contributed by atoms with E-state index in [1.165, 1.54) is 19.2 Å². The van der Waals surface area contributed by atoms with Crippen molar-refractivity contribution < 1.29 is 9.13 Å². The molecule has 0 aliphatic carbocycles. The Labute approximate surface area is 105 Å². The van der Waals surface area contributed by atoms with E-state index >= 15 is 0 Å². The minimum absolute atomic E-state index is 0.00745. The first-order valence-corrected chi connectivity index (χ1v) is 5.08. The first-order valence-electron chi connectivity index (χ1n) is 4.29. The van der Waals surface area contributed by atoms with Gasteiger partial charge < -0.3 is 4.74 Å². The normalized spacial score (nSPS) is 8.76. The zero-order chi connectivity index (χ0) is 12.8. The van der Waals surface area contributed by atoms with E-state index in [1.807, 2.05) is 0 Å². The fourth-order valence-electron chi connectivity index (χ4n) is 0.962. The number of rotatable bonds is 3. The summed E-state index contributed by atoms with van der Waals surface area (Å²) >= 11 is 3.12. The molecule has 1 aromatic carbocycles. The molecule has 0 saturated carbocycles. The number of halogens is 2. The summed E-state index contributed by atoms with van der Waals surface area (Å²) in [5.41, 5.74) is 1.89. The lowest BCUT2D eigenvalue weighted by molar-refractivity contribution is 0.411. The van der Waals surface area contributed by atoms with E-state index in [9.17, 15) is 4.39 Å². The number of hydrogen-bond acceptors (Lipinski definition) is 5. The average Bonchev–Trinajstić information content (AvgIpc) is 2.32. The lowest BCUT2D eigenvalue weighted by atomic mass is 10.3. The molecule has 0 bridgehead atoms. The zero-order valence-electron chi connectivity index (χ0n) is 8.66. The summed E-state index contributed by atoms with van der Waals surface area (Å²) in [6, 6.07) is 5.64. The second-order valence-electron chi connectivity index (χ2n) is 2.76. The third-order valence-corrected chi connectivity index (χ3v) is 2.36. The Morgan fingerprint density at radius 2 is 2.12 bits per heavy atom. The summed E-state index contributed by atoms with van der Waals surface area (Å²) in [5.74, 6) is -0.184. The largest absolute Gasteiger partial charge is 0.495 e. The van der Waals surface area contributed by atoms with Crippen molar-refractivity contribution in [2.45, 2.75) is 0 Å². The smallest absolute Gasteiger partial charge is 0.237 e. The van der Waals surface area contributed by atoms with Crippen LogP contribution in [0.4, 0.5) is 10.1 Å². The number of nitrogens with zero attached hydrogens (tertiary/aromatic N) is 3. The van der Waals surface area contributed by atoms with Crippen molar-refractivity contribution in [2.24, 2.45) is 5.10 Å². The van der Waals surface area contributed by atoms with Crippen LogP contribution in [0.25, 0.3) is 0 Å². The van der Waals surface area contributed by atoms with Gasteiger partial charge in [0.1, 0.15) is 23.7 Å². The van der Waals surface area contributed by atoms with Gasteiger partial charge in [-0.2, -0.15) is 15.6 Å². The van der Waals surface area contributed by atoms with Crippen molar-refractivity contribution in [3.63, 3.8) is 0 Å². The third-order valence-electron chi connectivity index (χ3n) is 1.74. The highest BCUT2D eigenvalue weighted by atomic mass is 79.9. The molecule has 0 atom stereocenters. The molecule has 17 heavy (non-hydrogen) atoms. The maximum Gasteiger partial charge on any atom is 0.237 e. The maximum absolute atomic E-state index is 13.4. The Morgan fingerprint density at radius 1 is 1.47 bits per heavy atom. The van der Waals surface area contributed by atoms with Gasteiger partial charge in [-0.05, 0) is 22.0 Å². The molecule has 86 valence electrons. The summed E-state index contributed by atoms with van der Waals surface area (Å²) in [6.45, 7) is 0. The Hall–Kier alpha value is -2.12. The SMILES string of the molecule is COc1cc(NN=C(C#N)C#N)c(F)cc1Br. The average molecular weight is 297 g/mol. The summed E-state index contributed by atoms with van der Waals surface area (Å²) in [7, 11) is 1.43. The lowest BCUT2D eigenvalue weighted by Gasteiger charge is -2.07. The highest BCUT2D eigenvalue weighted by Crippen LogP contribution is 2.30. The van der Waals surface area contributed by atoms with Gasteiger partial charge in [-0.1, -0.05) is 0 Å². The third kappa shape index (κ3) is 3.16. The maximum atomic E-state index is 13.4. The van der Waals surface area contributed by atoms with E-state index in [1.54, 1.807) is 12.1 Å². The van der Waals surface area contributed by atoms with Crippen LogP contribution >= 0.6 is 15.9 Å². The number of anilines is 1. The fraction of sp³-hybridized carbons (Fsp3) is 0.100. The lowest BCUT2D eigenvalue weighted by Crippen LogP contribution is -1.99. The van der Waals surface area contributed by atoms with E-state index < -0.39 is 11.5 Å². The van der Waals surface area contributed by atoms with Crippen molar-refractivity contribution in [1.29, 1.82) is 10.5 Å². The van der Waals surface area contributed by atoms with Gasteiger partial charge in [-0.15, -0.1) is 0 Å². The summed E-state index contributed by atoms with van der Waals surface area (Å²) in [4.78, 5) is 0. The van der Waals surface area contributed by atoms with Gasteiger partial charge in [0.15, 0.2) is 0 Å². The first kappa shape index (κ1) is 12.9. The second-order valence-corrected chi connectivity index (χ2v) is 3.62. The van der Waals surface area contributed by atoms with Gasteiger partial charge >= 0.3 is 0 Å². The van der Waals surface area contributed by atoms with Gasteiger partial charge in [0.05, 0.1) is 17.3 Å². The molecule has 0 amide bonds. The number of benzene rings is 1. The standard InChI is InChI=1S/C10H6BrFN4O/c1-17-10-3-9(8(12)2-7(10)11)16-15-6(4-13)5-14/h2-3,16H,1H3. The highest BCUT2D eigenvalue weighted by Gasteiger charge is 2.08. The zero-order valence-corrected chi connectivity index (χ0v) is 10.2. The summed E-state index contributed by atoms with van der Waals surface area (Å²) in [6.07, 6.45) is 0. The molecule has 5 nitrogen and oxygen atoms in total. The van der Waals surface area contributed by atoms with Gasteiger partial charge in [-0.25, -0.2) is 4.39 Å². The quantitative estimate of drug-likeness (QED) is 0.686.